The van der Waals surface area contributed by atoms with Gasteiger partial charge in [-0.1, -0.05) is 25.5 Å². The lowest BCUT2D eigenvalue weighted by Gasteiger charge is -2.59. The molecular weight excluding hydrogens is 452 g/mol. The van der Waals surface area contributed by atoms with Gasteiger partial charge in [-0.25, -0.2) is 0 Å². The molecule has 0 aromatic carbocycles. The topological polar surface area (TPSA) is 57.2 Å². The van der Waals surface area contributed by atoms with Gasteiger partial charge in [-0.2, -0.15) is 0 Å². The Morgan fingerprint density at radius 3 is 2.33 bits per heavy atom. The van der Waals surface area contributed by atoms with Gasteiger partial charge >= 0.3 is 0 Å². The van der Waals surface area contributed by atoms with Crippen LogP contribution in [0.15, 0.2) is 11.6 Å². The fraction of sp³-hybridized carbons (Fsp3) is 0.935. The smallest absolute Gasteiger partial charge is 0.157 e. The summed E-state index contributed by atoms with van der Waals surface area (Å²) < 4.78 is 25.1. The van der Waals surface area contributed by atoms with Crippen LogP contribution in [0.25, 0.3) is 0 Å². The summed E-state index contributed by atoms with van der Waals surface area (Å²) in [6.45, 7) is 8.74. The molecule has 5 nitrogen and oxygen atoms in total. The van der Waals surface area contributed by atoms with Crippen LogP contribution in [0.2, 0.25) is 0 Å². The van der Waals surface area contributed by atoms with E-state index in [0.29, 0.717) is 29.8 Å². The van der Waals surface area contributed by atoms with Crippen LogP contribution in [0.4, 0.5) is 0 Å². The molecule has 2 aliphatic heterocycles. The molecule has 2 saturated heterocycles. The molecule has 3 saturated carbocycles. The first kappa shape index (κ1) is 25.8. The highest BCUT2D eigenvalue weighted by molar-refractivity contribution is 5.26. The molecule has 4 aliphatic carbocycles. The second-order valence-corrected chi connectivity index (χ2v) is 13.6. The first-order valence-corrected chi connectivity index (χ1v) is 15.3. The maximum atomic E-state index is 11.0. The van der Waals surface area contributed by atoms with Crippen LogP contribution in [0.1, 0.15) is 104 Å². The fourth-order valence-electron chi connectivity index (χ4n) is 9.61. The number of ether oxygens (including phenoxy) is 4. The van der Waals surface area contributed by atoms with E-state index in [-0.39, 0.29) is 35.6 Å². The lowest BCUT2D eigenvalue weighted by molar-refractivity contribution is -0.216. The van der Waals surface area contributed by atoms with Crippen LogP contribution in [-0.2, 0) is 18.9 Å². The maximum absolute atomic E-state index is 11.0. The summed E-state index contributed by atoms with van der Waals surface area (Å²) in [5, 5.41) is 11.0. The van der Waals surface area contributed by atoms with Gasteiger partial charge in [0.1, 0.15) is 0 Å². The third-order valence-electron chi connectivity index (χ3n) is 11.6. The van der Waals surface area contributed by atoms with Gasteiger partial charge in [0.2, 0.25) is 0 Å². The van der Waals surface area contributed by atoms with E-state index in [1.165, 1.54) is 38.5 Å². The van der Waals surface area contributed by atoms with Gasteiger partial charge in [-0.15, -0.1) is 0 Å². The summed E-state index contributed by atoms with van der Waals surface area (Å²) in [7, 11) is 0. The summed E-state index contributed by atoms with van der Waals surface area (Å²) >= 11 is 0. The maximum Gasteiger partial charge on any atom is 0.157 e. The third-order valence-corrected chi connectivity index (χ3v) is 11.6. The van der Waals surface area contributed by atoms with E-state index < -0.39 is 0 Å². The van der Waals surface area contributed by atoms with Crippen LogP contribution in [0.5, 0.6) is 0 Å². The second-order valence-electron chi connectivity index (χ2n) is 13.6. The van der Waals surface area contributed by atoms with Gasteiger partial charge in [0.25, 0.3) is 0 Å². The van der Waals surface area contributed by atoms with E-state index >= 15 is 0 Å². The molecule has 2 heterocycles. The number of hydrogen-bond acceptors (Lipinski definition) is 5. The van der Waals surface area contributed by atoms with Crippen LogP contribution in [0, 0.1) is 34.5 Å². The molecule has 1 N–H and O–H groups in total. The lowest BCUT2D eigenvalue weighted by Crippen LogP contribution is -2.53. The average Bonchev–Trinajstić information content (AvgIpc) is 3.18. The van der Waals surface area contributed by atoms with Gasteiger partial charge in [-0.3, -0.25) is 0 Å². The average molecular weight is 503 g/mol. The van der Waals surface area contributed by atoms with Gasteiger partial charge in [0.05, 0.1) is 18.3 Å². The molecule has 0 bridgehead atoms. The highest BCUT2D eigenvalue weighted by atomic mass is 16.7. The van der Waals surface area contributed by atoms with Gasteiger partial charge in [0.15, 0.2) is 12.6 Å². The molecule has 0 radical (unpaired) electrons. The zero-order valence-electron chi connectivity index (χ0n) is 23.0. The van der Waals surface area contributed by atoms with Crippen molar-refractivity contribution in [2.75, 3.05) is 13.2 Å². The molecule has 5 fully saturated rings. The van der Waals surface area contributed by atoms with Crippen molar-refractivity contribution in [2.24, 2.45) is 34.5 Å². The number of hydrogen-bond donors (Lipinski definition) is 1. The monoisotopic (exact) mass is 502 g/mol. The molecule has 0 aromatic heterocycles. The summed E-state index contributed by atoms with van der Waals surface area (Å²) in [6, 6.07) is 0. The first-order chi connectivity index (χ1) is 17.4. The zero-order chi connectivity index (χ0) is 24.9. The highest BCUT2D eigenvalue weighted by Crippen LogP contribution is 2.67. The van der Waals surface area contributed by atoms with Crippen molar-refractivity contribution in [1.29, 1.82) is 0 Å². The van der Waals surface area contributed by atoms with Crippen LogP contribution in [0.3, 0.4) is 0 Å². The summed E-state index contributed by atoms with van der Waals surface area (Å²) in [5.74, 6) is 2.17. The van der Waals surface area contributed by atoms with Crippen molar-refractivity contribution < 1.29 is 24.1 Å². The van der Waals surface area contributed by atoms with Gasteiger partial charge in [-0.05, 0) is 125 Å². The molecule has 0 spiro atoms. The Balaban J connectivity index is 1.20. The number of rotatable bonds is 5. The Labute approximate surface area is 218 Å². The van der Waals surface area contributed by atoms with Crippen LogP contribution < -0.4 is 0 Å². The molecule has 6 rings (SSSR count). The Morgan fingerprint density at radius 2 is 1.67 bits per heavy atom. The standard InChI is InChI=1S/C31H50O5/c1-20(32)24-19-26(36-28-9-5-7-17-34-28)31(3)15-13-25-23(29(24)31)11-10-21-18-22(12-14-30(21,25)2)35-27-8-4-6-16-33-27/h10,20,22-29,32H,4-9,11-19H2,1-3H3/t20?,22-,23+,24-,25-,26-,27?,28-,29+,30-,31+/m0/s1. The van der Waals surface area contributed by atoms with Gasteiger partial charge in [0, 0.05) is 13.2 Å². The van der Waals surface area contributed by atoms with E-state index in [0.717, 1.165) is 58.2 Å². The van der Waals surface area contributed by atoms with Crippen molar-refractivity contribution in [3.63, 3.8) is 0 Å². The van der Waals surface area contributed by atoms with E-state index in [4.69, 9.17) is 18.9 Å². The normalized spacial score (nSPS) is 49.9. The zero-order valence-corrected chi connectivity index (χ0v) is 23.0. The third kappa shape index (κ3) is 4.53. The van der Waals surface area contributed by atoms with Gasteiger partial charge < -0.3 is 24.1 Å². The Morgan fingerprint density at radius 1 is 0.944 bits per heavy atom. The largest absolute Gasteiger partial charge is 0.393 e. The fourth-order valence-corrected chi connectivity index (χ4v) is 9.61. The molecule has 204 valence electrons. The lowest BCUT2D eigenvalue weighted by atomic mass is 9.47. The van der Waals surface area contributed by atoms with E-state index in [1.807, 2.05) is 6.92 Å². The van der Waals surface area contributed by atoms with Crippen LogP contribution in [-0.4, -0.2) is 49.2 Å². The summed E-state index contributed by atoms with van der Waals surface area (Å²) in [6.07, 6.45) is 17.6. The minimum absolute atomic E-state index is 0.01000. The predicted octanol–water partition coefficient (Wildman–Crippen LogP) is 6.38. The van der Waals surface area contributed by atoms with E-state index in [9.17, 15) is 5.11 Å². The summed E-state index contributed by atoms with van der Waals surface area (Å²) in [4.78, 5) is 0. The predicted molar refractivity (Wildman–Crippen MR) is 139 cm³/mol. The molecule has 11 atom stereocenters. The molecule has 0 amide bonds. The number of allylic oxidation sites excluding steroid dienone is 1. The summed E-state index contributed by atoms with van der Waals surface area (Å²) in [5.41, 5.74) is 2.05. The Bertz CT molecular complexity index is 799. The Hall–Kier alpha value is -0.460. The van der Waals surface area contributed by atoms with Crippen LogP contribution >= 0.6 is 0 Å². The van der Waals surface area contributed by atoms with E-state index in [2.05, 4.69) is 19.9 Å². The Kier molecular flexibility index (Phi) is 7.35. The van der Waals surface area contributed by atoms with E-state index in [1.54, 1.807) is 5.57 Å². The van der Waals surface area contributed by atoms with Crippen molar-refractivity contribution in [3.05, 3.63) is 11.6 Å². The number of aliphatic hydroxyl groups excluding tert-OH is 1. The molecule has 6 aliphatic rings. The molecule has 2 unspecified atom stereocenters. The minimum Gasteiger partial charge on any atom is -0.393 e. The van der Waals surface area contributed by atoms with Crippen molar-refractivity contribution in [2.45, 2.75) is 135 Å². The minimum atomic E-state index is -0.285. The number of fused-ring (bicyclic) bond motifs is 5. The highest BCUT2D eigenvalue weighted by Gasteiger charge is 2.63. The molecule has 36 heavy (non-hydrogen) atoms. The molecule has 5 heteroatoms. The molecule has 0 aromatic rings. The first-order valence-electron chi connectivity index (χ1n) is 15.3. The number of aliphatic hydroxyl groups is 1. The molecular formula is C31H50O5. The van der Waals surface area contributed by atoms with Crippen molar-refractivity contribution >= 4 is 0 Å². The SMILES string of the molecule is CC(O)[C@@H]1C[C@H](O[C@H]2CCCCO2)[C@@]2(C)CC[C@H]3[C@@H](CC=C4C[C@@H](OC5CCCCO5)CC[C@@]43C)[C@H]12. The van der Waals surface area contributed by atoms with Crippen molar-refractivity contribution in [3.8, 4) is 0 Å². The second kappa shape index (κ2) is 10.3. The van der Waals surface area contributed by atoms with Crippen molar-refractivity contribution in [1.82, 2.24) is 0 Å². The quantitative estimate of drug-likeness (QED) is 0.442.